The van der Waals surface area contributed by atoms with Gasteiger partial charge in [-0.1, -0.05) is 0 Å². The summed E-state index contributed by atoms with van der Waals surface area (Å²) in [5.41, 5.74) is 0. The Morgan fingerprint density at radius 2 is 2.32 bits per heavy atom. The zero-order valence-corrected chi connectivity index (χ0v) is 12.5. The fourth-order valence-electron chi connectivity index (χ4n) is 2.49. The zero-order chi connectivity index (χ0) is 14.1. The van der Waals surface area contributed by atoms with Gasteiger partial charge in [-0.25, -0.2) is 0 Å². The average Bonchev–Trinajstić information content (AvgIpc) is 2.87. The van der Waals surface area contributed by atoms with Crippen molar-refractivity contribution in [3.63, 3.8) is 0 Å². The maximum absolute atomic E-state index is 11.6. The van der Waals surface area contributed by atoms with Gasteiger partial charge in [-0.2, -0.15) is 0 Å². The molecule has 1 rings (SSSR count). The van der Waals surface area contributed by atoms with E-state index in [1.807, 2.05) is 6.92 Å². The van der Waals surface area contributed by atoms with E-state index in [1.54, 1.807) is 7.11 Å². The summed E-state index contributed by atoms with van der Waals surface area (Å²) in [5.74, 6) is -0.114. The number of methoxy groups -OCH3 is 1. The molecule has 1 aliphatic heterocycles. The minimum Gasteiger partial charge on any atom is -0.466 e. The quantitative estimate of drug-likeness (QED) is 0.635. The van der Waals surface area contributed by atoms with Crippen molar-refractivity contribution in [2.75, 3.05) is 40.0 Å². The molecule has 0 bridgehead atoms. The van der Waals surface area contributed by atoms with Gasteiger partial charge in [0.05, 0.1) is 19.6 Å². The highest BCUT2D eigenvalue weighted by Crippen LogP contribution is 2.11. The standard InChI is InChI=1S/C14H28N2O3/c1-4-19-14(17)10-12(2)16(8-9-18-3)11-13-6-5-7-15-13/h12-13,15H,4-11H2,1-3H3. The van der Waals surface area contributed by atoms with Crippen LogP contribution in [-0.2, 0) is 14.3 Å². The van der Waals surface area contributed by atoms with Crippen molar-refractivity contribution in [2.24, 2.45) is 0 Å². The molecule has 1 fully saturated rings. The predicted octanol–water partition coefficient (Wildman–Crippen LogP) is 1.03. The molecule has 0 aromatic heterocycles. The molecule has 0 aliphatic carbocycles. The van der Waals surface area contributed by atoms with Crippen molar-refractivity contribution in [1.29, 1.82) is 0 Å². The van der Waals surface area contributed by atoms with Gasteiger partial charge in [-0.3, -0.25) is 9.69 Å². The molecular weight excluding hydrogens is 244 g/mol. The Bertz CT molecular complexity index is 255. The molecule has 1 heterocycles. The van der Waals surface area contributed by atoms with Crippen LogP contribution < -0.4 is 5.32 Å². The van der Waals surface area contributed by atoms with Crippen LogP contribution in [0.3, 0.4) is 0 Å². The number of hydrogen-bond acceptors (Lipinski definition) is 5. The van der Waals surface area contributed by atoms with E-state index in [0.29, 0.717) is 25.7 Å². The second-order valence-electron chi connectivity index (χ2n) is 5.14. The molecule has 2 atom stereocenters. The third-order valence-electron chi connectivity index (χ3n) is 3.59. The maximum Gasteiger partial charge on any atom is 0.307 e. The molecule has 0 saturated carbocycles. The van der Waals surface area contributed by atoms with Crippen LogP contribution in [0.1, 0.15) is 33.1 Å². The van der Waals surface area contributed by atoms with Gasteiger partial charge < -0.3 is 14.8 Å². The summed E-state index contributed by atoms with van der Waals surface area (Å²) in [6.45, 7) is 8.01. The molecule has 0 aromatic rings. The lowest BCUT2D eigenvalue weighted by Gasteiger charge is -2.30. The van der Waals surface area contributed by atoms with Crippen molar-refractivity contribution in [2.45, 2.75) is 45.2 Å². The molecule has 5 nitrogen and oxygen atoms in total. The van der Waals surface area contributed by atoms with Crippen LogP contribution in [0.25, 0.3) is 0 Å². The predicted molar refractivity (Wildman–Crippen MR) is 75.2 cm³/mol. The fraction of sp³-hybridized carbons (Fsp3) is 0.929. The molecule has 1 saturated heterocycles. The van der Waals surface area contributed by atoms with E-state index in [0.717, 1.165) is 19.6 Å². The second-order valence-corrected chi connectivity index (χ2v) is 5.14. The lowest BCUT2D eigenvalue weighted by molar-refractivity contribution is -0.144. The summed E-state index contributed by atoms with van der Waals surface area (Å²) in [5, 5.41) is 3.50. The Labute approximate surface area is 116 Å². The molecule has 0 spiro atoms. The highest BCUT2D eigenvalue weighted by molar-refractivity contribution is 5.70. The number of hydrogen-bond donors (Lipinski definition) is 1. The number of rotatable bonds is 9. The van der Waals surface area contributed by atoms with Gasteiger partial charge in [0.1, 0.15) is 0 Å². The minimum atomic E-state index is -0.114. The number of nitrogens with one attached hydrogen (secondary N) is 1. The van der Waals surface area contributed by atoms with Crippen LogP contribution in [0.15, 0.2) is 0 Å². The van der Waals surface area contributed by atoms with Crippen LogP contribution in [0, 0.1) is 0 Å². The van der Waals surface area contributed by atoms with E-state index in [-0.39, 0.29) is 12.0 Å². The molecule has 112 valence electrons. The third-order valence-corrected chi connectivity index (χ3v) is 3.59. The van der Waals surface area contributed by atoms with Gasteiger partial charge in [0.15, 0.2) is 0 Å². The van der Waals surface area contributed by atoms with Gasteiger partial charge in [0.2, 0.25) is 0 Å². The Morgan fingerprint density at radius 3 is 2.89 bits per heavy atom. The van der Waals surface area contributed by atoms with Gasteiger partial charge in [0, 0.05) is 32.3 Å². The highest BCUT2D eigenvalue weighted by atomic mass is 16.5. The number of ether oxygens (including phenoxy) is 2. The number of nitrogens with zero attached hydrogens (tertiary/aromatic N) is 1. The number of carbonyl (C=O) groups excluding carboxylic acids is 1. The highest BCUT2D eigenvalue weighted by Gasteiger charge is 2.23. The molecule has 2 unspecified atom stereocenters. The molecule has 1 aliphatic rings. The molecule has 5 heteroatoms. The SMILES string of the molecule is CCOC(=O)CC(C)N(CCOC)CC1CCCN1. The zero-order valence-electron chi connectivity index (χ0n) is 12.5. The molecule has 0 amide bonds. The van der Waals surface area contributed by atoms with Crippen molar-refractivity contribution < 1.29 is 14.3 Å². The van der Waals surface area contributed by atoms with Crippen LogP contribution in [-0.4, -0.2) is 62.9 Å². The topological polar surface area (TPSA) is 50.8 Å². The number of carbonyl (C=O) groups is 1. The van der Waals surface area contributed by atoms with Crippen molar-refractivity contribution in [3.8, 4) is 0 Å². The fourth-order valence-corrected chi connectivity index (χ4v) is 2.49. The van der Waals surface area contributed by atoms with E-state index in [1.165, 1.54) is 12.8 Å². The second kappa shape index (κ2) is 9.28. The third kappa shape index (κ3) is 6.36. The first-order valence-corrected chi connectivity index (χ1v) is 7.29. The van der Waals surface area contributed by atoms with E-state index in [9.17, 15) is 4.79 Å². The van der Waals surface area contributed by atoms with Crippen LogP contribution in [0.5, 0.6) is 0 Å². The summed E-state index contributed by atoms with van der Waals surface area (Å²) in [6.07, 6.45) is 2.91. The smallest absolute Gasteiger partial charge is 0.307 e. The Kier molecular flexibility index (Phi) is 8.02. The Morgan fingerprint density at radius 1 is 1.53 bits per heavy atom. The van der Waals surface area contributed by atoms with Crippen LogP contribution >= 0.6 is 0 Å². The van der Waals surface area contributed by atoms with Crippen LogP contribution in [0.4, 0.5) is 0 Å². The average molecular weight is 272 g/mol. The minimum absolute atomic E-state index is 0.114. The van der Waals surface area contributed by atoms with Gasteiger partial charge in [-0.05, 0) is 33.2 Å². The monoisotopic (exact) mass is 272 g/mol. The van der Waals surface area contributed by atoms with E-state index >= 15 is 0 Å². The largest absolute Gasteiger partial charge is 0.466 e. The Hall–Kier alpha value is -0.650. The van der Waals surface area contributed by atoms with Crippen molar-refractivity contribution in [1.82, 2.24) is 10.2 Å². The lowest BCUT2D eigenvalue weighted by atomic mass is 10.1. The first-order valence-electron chi connectivity index (χ1n) is 7.29. The van der Waals surface area contributed by atoms with Crippen molar-refractivity contribution >= 4 is 5.97 Å². The lowest BCUT2D eigenvalue weighted by Crippen LogP contribution is -2.44. The summed E-state index contributed by atoms with van der Waals surface area (Å²) >= 11 is 0. The summed E-state index contributed by atoms with van der Waals surface area (Å²) in [4.78, 5) is 13.9. The molecule has 0 radical (unpaired) electrons. The molecular formula is C14H28N2O3. The number of esters is 1. The van der Waals surface area contributed by atoms with E-state index in [2.05, 4.69) is 17.1 Å². The van der Waals surface area contributed by atoms with Gasteiger partial charge >= 0.3 is 5.97 Å². The van der Waals surface area contributed by atoms with E-state index < -0.39 is 0 Å². The summed E-state index contributed by atoms with van der Waals surface area (Å²) in [7, 11) is 1.71. The van der Waals surface area contributed by atoms with Gasteiger partial charge in [0.25, 0.3) is 0 Å². The molecule has 19 heavy (non-hydrogen) atoms. The first kappa shape index (κ1) is 16.4. The normalized spacial score (nSPS) is 20.7. The Balaban J connectivity index is 2.43. The van der Waals surface area contributed by atoms with Crippen LogP contribution in [0.2, 0.25) is 0 Å². The van der Waals surface area contributed by atoms with E-state index in [4.69, 9.17) is 9.47 Å². The molecule has 0 aromatic carbocycles. The summed E-state index contributed by atoms with van der Waals surface area (Å²) in [6, 6.07) is 0.734. The first-order chi connectivity index (χ1) is 9.17. The van der Waals surface area contributed by atoms with Gasteiger partial charge in [-0.15, -0.1) is 0 Å². The maximum atomic E-state index is 11.6. The molecule has 1 N–H and O–H groups in total. The summed E-state index contributed by atoms with van der Waals surface area (Å²) < 4.78 is 10.2. The van der Waals surface area contributed by atoms with Crippen molar-refractivity contribution in [3.05, 3.63) is 0 Å².